The highest BCUT2D eigenvalue weighted by atomic mass is 16.1. The first-order valence-corrected chi connectivity index (χ1v) is 9.31. The molecule has 0 radical (unpaired) electrons. The topological polar surface area (TPSA) is 45.0 Å². The molecule has 4 nitrogen and oxygen atoms in total. The number of azo groups is 1. The molecule has 0 saturated heterocycles. The van der Waals surface area contributed by atoms with Crippen LogP contribution >= 0.6 is 0 Å². The van der Waals surface area contributed by atoms with Crippen LogP contribution in [0.2, 0.25) is 0 Å². The van der Waals surface area contributed by atoms with Gasteiger partial charge in [-0.1, -0.05) is 36.4 Å². The third kappa shape index (κ3) is 4.45. The minimum absolute atomic E-state index is 0.621. The van der Waals surface area contributed by atoms with E-state index in [0.717, 1.165) is 29.0 Å². The van der Waals surface area contributed by atoms with Crippen molar-refractivity contribution >= 4 is 34.7 Å². The normalized spacial score (nSPS) is 10.8. The molecule has 0 spiro atoms. The number of aldehydes is 1. The molecule has 29 heavy (non-hydrogen) atoms. The molecule has 0 amide bonds. The zero-order valence-electron chi connectivity index (χ0n) is 15.7. The number of benzene rings is 4. The van der Waals surface area contributed by atoms with Gasteiger partial charge in [0.15, 0.2) is 0 Å². The van der Waals surface area contributed by atoms with Crippen molar-refractivity contribution in [2.75, 3.05) is 4.90 Å². The minimum Gasteiger partial charge on any atom is -0.311 e. The van der Waals surface area contributed by atoms with E-state index in [9.17, 15) is 4.79 Å². The van der Waals surface area contributed by atoms with Crippen molar-refractivity contribution in [1.29, 1.82) is 0 Å². The lowest BCUT2D eigenvalue weighted by Crippen LogP contribution is -2.09. The maximum absolute atomic E-state index is 10.7. The van der Waals surface area contributed by atoms with Crippen LogP contribution in [0, 0.1) is 0 Å². The summed E-state index contributed by atoms with van der Waals surface area (Å²) in [5.74, 6) is 0. The van der Waals surface area contributed by atoms with Crippen LogP contribution in [0.5, 0.6) is 0 Å². The molecule has 4 aromatic carbocycles. The molecular weight excluding hydrogens is 358 g/mol. The Morgan fingerprint density at radius 3 is 1.38 bits per heavy atom. The lowest BCUT2D eigenvalue weighted by atomic mass is 10.2. The Bertz CT molecular complexity index is 1050. The highest BCUT2D eigenvalue weighted by molar-refractivity contribution is 5.77. The summed E-state index contributed by atoms with van der Waals surface area (Å²) in [6.07, 6.45) is 0.810. The van der Waals surface area contributed by atoms with E-state index < -0.39 is 0 Å². The first-order valence-electron chi connectivity index (χ1n) is 9.31. The van der Waals surface area contributed by atoms with Crippen molar-refractivity contribution < 1.29 is 4.79 Å². The Labute approximate surface area is 169 Å². The van der Waals surface area contributed by atoms with Gasteiger partial charge in [-0.2, -0.15) is 10.2 Å². The fourth-order valence-corrected chi connectivity index (χ4v) is 3.00. The number of nitrogens with zero attached hydrogens (tertiary/aromatic N) is 3. The highest BCUT2D eigenvalue weighted by Gasteiger charge is 2.11. The van der Waals surface area contributed by atoms with Gasteiger partial charge in [0.05, 0.1) is 11.4 Å². The molecule has 0 aliphatic rings. The first-order chi connectivity index (χ1) is 14.3. The molecule has 0 atom stereocenters. The molecule has 4 aromatic rings. The van der Waals surface area contributed by atoms with Gasteiger partial charge in [0.1, 0.15) is 6.29 Å². The molecule has 0 bridgehead atoms. The summed E-state index contributed by atoms with van der Waals surface area (Å²) in [6.45, 7) is 0. The smallest absolute Gasteiger partial charge is 0.150 e. The highest BCUT2D eigenvalue weighted by Crippen LogP contribution is 2.35. The Kier molecular flexibility index (Phi) is 5.53. The predicted molar refractivity (Wildman–Crippen MR) is 117 cm³/mol. The van der Waals surface area contributed by atoms with E-state index in [1.54, 1.807) is 24.3 Å². The molecule has 0 heterocycles. The van der Waals surface area contributed by atoms with Gasteiger partial charge in [-0.05, 0) is 72.8 Å². The van der Waals surface area contributed by atoms with Gasteiger partial charge in [0.25, 0.3) is 0 Å². The number of hydrogen-bond donors (Lipinski definition) is 0. The summed E-state index contributed by atoms with van der Waals surface area (Å²) in [5.41, 5.74) is 5.29. The Morgan fingerprint density at radius 2 is 0.931 bits per heavy atom. The van der Waals surface area contributed by atoms with Gasteiger partial charge in [-0.3, -0.25) is 4.79 Å². The average Bonchev–Trinajstić information content (AvgIpc) is 2.80. The second-order valence-electron chi connectivity index (χ2n) is 6.43. The Hall–Kier alpha value is -4.05. The SMILES string of the molecule is O=Cc1ccc(N=Nc2ccc(N(c3ccccc3)c3ccccc3)cc2)cc1. The summed E-state index contributed by atoms with van der Waals surface area (Å²) in [4.78, 5) is 12.9. The minimum atomic E-state index is 0.621. The van der Waals surface area contributed by atoms with Gasteiger partial charge in [0, 0.05) is 22.6 Å². The van der Waals surface area contributed by atoms with Crippen LogP contribution in [0.15, 0.2) is 119 Å². The lowest BCUT2D eigenvalue weighted by Gasteiger charge is -2.25. The molecule has 0 unspecified atom stereocenters. The summed E-state index contributed by atoms with van der Waals surface area (Å²) in [5, 5.41) is 8.53. The zero-order chi connectivity index (χ0) is 19.9. The summed E-state index contributed by atoms with van der Waals surface area (Å²) in [7, 11) is 0. The van der Waals surface area contributed by atoms with Crippen molar-refractivity contribution in [3.05, 3.63) is 115 Å². The van der Waals surface area contributed by atoms with Crippen molar-refractivity contribution in [1.82, 2.24) is 0 Å². The van der Waals surface area contributed by atoms with Crippen LogP contribution in [0.25, 0.3) is 0 Å². The van der Waals surface area contributed by atoms with E-state index in [2.05, 4.69) is 39.4 Å². The average molecular weight is 377 g/mol. The molecule has 0 aliphatic carbocycles. The van der Waals surface area contributed by atoms with E-state index in [-0.39, 0.29) is 0 Å². The standard InChI is InChI=1S/C25H19N3O/c29-19-20-11-13-21(14-12-20)26-27-22-15-17-25(18-16-22)28(23-7-3-1-4-8-23)24-9-5-2-6-10-24/h1-19H. The monoisotopic (exact) mass is 377 g/mol. The number of para-hydroxylation sites is 2. The van der Waals surface area contributed by atoms with E-state index in [1.165, 1.54) is 0 Å². The largest absolute Gasteiger partial charge is 0.311 e. The van der Waals surface area contributed by atoms with Crippen LogP contribution in [-0.4, -0.2) is 6.29 Å². The van der Waals surface area contributed by atoms with E-state index in [4.69, 9.17) is 0 Å². The van der Waals surface area contributed by atoms with E-state index in [0.29, 0.717) is 11.3 Å². The first kappa shape index (κ1) is 18.3. The lowest BCUT2D eigenvalue weighted by molar-refractivity contribution is 0.112. The Balaban J connectivity index is 1.60. The van der Waals surface area contributed by atoms with Gasteiger partial charge in [-0.25, -0.2) is 0 Å². The fourth-order valence-electron chi connectivity index (χ4n) is 3.00. The van der Waals surface area contributed by atoms with Gasteiger partial charge in [0.2, 0.25) is 0 Å². The maximum Gasteiger partial charge on any atom is 0.150 e. The van der Waals surface area contributed by atoms with Crippen LogP contribution in [-0.2, 0) is 0 Å². The molecule has 0 saturated carbocycles. The second-order valence-corrected chi connectivity index (χ2v) is 6.43. The van der Waals surface area contributed by atoms with Crippen molar-refractivity contribution in [3.63, 3.8) is 0 Å². The van der Waals surface area contributed by atoms with Crippen LogP contribution < -0.4 is 4.90 Å². The summed E-state index contributed by atoms with van der Waals surface area (Å²) in [6, 6.07) is 35.4. The third-order valence-corrected chi connectivity index (χ3v) is 4.45. The number of carbonyl (C=O) groups excluding carboxylic acids is 1. The maximum atomic E-state index is 10.7. The van der Waals surface area contributed by atoms with E-state index >= 15 is 0 Å². The molecule has 140 valence electrons. The van der Waals surface area contributed by atoms with Crippen molar-refractivity contribution in [3.8, 4) is 0 Å². The van der Waals surface area contributed by atoms with Crippen LogP contribution in [0.4, 0.5) is 28.4 Å². The van der Waals surface area contributed by atoms with Gasteiger partial charge in [-0.15, -0.1) is 0 Å². The number of carbonyl (C=O) groups is 1. The predicted octanol–water partition coefficient (Wildman–Crippen LogP) is 7.38. The zero-order valence-corrected chi connectivity index (χ0v) is 15.7. The fraction of sp³-hybridized carbons (Fsp3) is 0. The molecule has 0 aliphatic heterocycles. The number of anilines is 3. The molecule has 4 heteroatoms. The molecule has 0 fully saturated rings. The third-order valence-electron chi connectivity index (χ3n) is 4.45. The van der Waals surface area contributed by atoms with Crippen LogP contribution in [0.3, 0.4) is 0 Å². The molecule has 4 rings (SSSR count). The summed E-state index contributed by atoms with van der Waals surface area (Å²) < 4.78 is 0. The van der Waals surface area contributed by atoms with Crippen LogP contribution in [0.1, 0.15) is 10.4 Å². The number of rotatable bonds is 6. The van der Waals surface area contributed by atoms with Crippen molar-refractivity contribution in [2.45, 2.75) is 0 Å². The Morgan fingerprint density at radius 1 is 0.517 bits per heavy atom. The quantitative estimate of drug-likeness (QED) is 0.260. The van der Waals surface area contributed by atoms with Gasteiger partial charge < -0.3 is 4.90 Å². The molecule has 0 aromatic heterocycles. The second kappa shape index (κ2) is 8.76. The number of hydrogen-bond acceptors (Lipinski definition) is 4. The molecular formula is C25H19N3O. The summed E-state index contributed by atoms with van der Waals surface area (Å²) >= 11 is 0. The van der Waals surface area contributed by atoms with E-state index in [1.807, 2.05) is 60.7 Å². The van der Waals surface area contributed by atoms with Gasteiger partial charge >= 0.3 is 0 Å². The molecule has 0 N–H and O–H groups in total. The van der Waals surface area contributed by atoms with Crippen molar-refractivity contribution in [2.24, 2.45) is 10.2 Å².